The van der Waals surface area contributed by atoms with Crippen LogP contribution in [0, 0.1) is 17.2 Å². The summed E-state index contributed by atoms with van der Waals surface area (Å²) in [6.07, 6.45) is 6.95. The summed E-state index contributed by atoms with van der Waals surface area (Å²) in [6.45, 7) is 2.04. The lowest BCUT2D eigenvalue weighted by Gasteiger charge is -2.25. The summed E-state index contributed by atoms with van der Waals surface area (Å²) in [4.78, 5) is 0. The Bertz CT molecular complexity index is 170. The number of rotatable bonds is 2. The van der Waals surface area contributed by atoms with Crippen LogP contribution in [0.25, 0.3) is 0 Å². The predicted octanol–water partition coefficient (Wildman–Crippen LogP) is 2.65. The Morgan fingerprint density at radius 1 is 1.70 bits per heavy atom. The van der Waals surface area contributed by atoms with Gasteiger partial charge >= 0.3 is 0 Å². The van der Waals surface area contributed by atoms with E-state index in [9.17, 15) is 0 Å². The fourth-order valence-corrected chi connectivity index (χ4v) is 1.32. The summed E-state index contributed by atoms with van der Waals surface area (Å²) < 4.78 is 0. The Morgan fingerprint density at radius 2 is 2.40 bits per heavy atom. The maximum absolute atomic E-state index is 8.31. The molecule has 1 saturated carbocycles. The van der Waals surface area contributed by atoms with Crippen molar-refractivity contribution in [1.29, 1.82) is 5.26 Å². The first-order valence-electron chi connectivity index (χ1n) is 3.88. The Balaban J connectivity index is 2.24. The molecule has 54 valence electrons. The van der Waals surface area contributed by atoms with Crippen molar-refractivity contribution in [1.82, 2.24) is 0 Å². The molecule has 0 heterocycles. The summed E-state index contributed by atoms with van der Waals surface area (Å²) in [5.74, 6) is 0.893. The second kappa shape index (κ2) is 3.41. The lowest BCUT2D eigenvalue weighted by Crippen LogP contribution is -2.10. The van der Waals surface area contributed by atoms with E-state index in [4.69, 9.17) is 5.26 Å². The van der Waals surface area contributed by atoms with Crippen molar-refractivity contribution >= 4 is 0 Å². The molecule has 0 bridgehead atoms. The number of nitriles is 1. The van der Waals surface area contributed by atoms with Gasteiger partial charge in [0.2, 0.25) is 0 Å². The van der Waals surface area contributed by atoms with E-state index in [0.717, 1.165) is 12.3 Å². The van der Waals surface area contributed by atoms with Crippen LogP contribution in [-0.4, -0.2) is 0 Å². The monoisotopic (exact) mass is 135 g/mol. The molecule has 1 nitrogen and oxygen atoms in total. The van der Waals surface area contributed by atoms with Crippen LogP contribution in [0.5, 0.6) is 0 Å². The molecule has 1 rings (SSSR count). The maximum atomic E-state index is 8.31. The third-order valence-electron chi connectivity index (χ3n) is 2.15. The molecule has 1 aliphatic rings. The zero-order valence-corrected chi connectivity index (χ0v) is 6.43. The van der Waals surface area contributed by atoms with E-state index < -0.39 is 0 Å². The zero-order chi connectivity index (χ0) is 7.40. The van der Waals surface area contributed by atoms with Crippen molar-refractivity contribution in [2.24, 2.45) is 5.92 Å². The summed E-state index contributed by atoms with van der Waals surface area (Å²) in [7, 11) is 0. The van der Waals surface area contributed by atoms with E-state index in [1.165, 1.54) is 24.8 Å². The van der Waals surface area contributed by atoms with Gasteiger partial charge in [-0.1, -0.05) is 24.8 Å². The minimum atomic E-state index is 0.893. The van der Waals surface area contributed by atoms with Gasteiger partial charge in [0.25, 0.3) is 0 Å². The molecule has 1 heteroatoms. The summed E-state index contributed by atoms with van der Waals surface area (Å²) >= 11 is 0. The molecule has 0 unspecified atom stereocenters. The van der Waals surface area contributed by atoms with Gasteiger partial charge in [-0.05, 0) is 19.3 Å². The van der Waals surface area contributed by atoms with Crippen molar-refractivity contribution in [2.45, 2.75) is 32.6 Å². The molecule has 0 aromatic carbocycles. The first kappa shape index (κ1) is 7.34. The zero-order valence-electron chi connectivity index (χ0n) is 6.43. The highest BCUT2D eigenvalue weighted by Crippen LogP contribution is 2.31. The predicted molar refractivity (Wildman–Crippen MR) is 41.3 cm³/mol. The third kappa shape index (κ3) is 1.88. The molecule has 1 fully saturated rings. The second-order valence-electron chi connectivity index (χ2n) is 3.12. The number of hydrogen-bond acceptors (Lipinski definition) is 1. The van der Waals surface area contributed by atoms with Crippen molar-refractivity contribution in [3.05, 3.63) is 11.6 Å². The quantitative estimate of drug-likeness (QED) is 0.534. The first-order valence-corrected chi connectivity index (χ1v) is 3.88. The fourth-order valence-electron chi connectivity index (χ4n) is 1.32. The molecule has 0 atom stereocenters. The van der Waals surface area contributed by atoms with Crippen molar-refractivity contribution in [2.75, 3.05) is 0 Å². The van der Waals surface area contributed by atoms with E-state index >= 15 is 0 Å². The van der Waals surface area contributed by atoms with Crippen LogP contribution < -0.4 is 0 Å². The molecule has 0 saturated heterocycles. The Labute approximate surface area is 62.4 Å². The molecular weight excluding hydrogens is 122 g/mol. The largest absolute Gasteiger partial charge is 0.193 e. The number of allylic oxidation sites excluding steroid dienone is 2. The Morgan fingerprint density at radius 3 is 2.80 bits per heavy atom. The SMILES string of the molecule is CC(=CC#N)CC1CCC1. The average molecular weight is 135 g/mol. The Kier molecular flexibility index (Phi) is 2.50. The first-order chi connectivity index (χ1) is 4.83. The van der Waals surface area contributed by atoms with Crippen LogP contribution in [0.3, 0.4) is 0 Å². The van der Waals surface area contributed by atoms with E-state index in [1.54, 1.807) is 6.08 Å². The highest BCUT2D eigenvalue weighted by molar-refractivity contribution is 5.11. The smallest absolute Gasteiger partial charge is 0.0911 e. The van der Waals surface area contributed by atoms with E-state index in [-0.39, 0.29) is 0 Å². The van der Waals surface area contributed by atoms with Gasteiger partial charge < -0.3 is 0 Å². The number of hydrogen-bond donors (Lipinski definition) is 0. The maximum Gasteiger partial charge on any atom is 0.0911 e. The molecule has 0 amide bonds. The normalized spacial score (nSPS) is 19.8. The molecule has 0 aromatic heterocycles. The standard InChI is InChI=1S/C9H13N/c1-8(5-6-10)7-9-3-2-4-9/h5,9H,2-4,7H2,1H3. The van der Waals surface area contributed by atoms with Crippen molar-refractivity contribution in [3.63, 3.8) is 0 Å². The van der Waals surface area contributed by atoms with Gasteiger partial charge in [0.1, 0.15) is 0 Å². The van der Waals surface area contributed by atoms with Crippen LogP contribution in [0.15, 0.2) is 11.6 Å². The van der Waals surface area contributed by atoms with Gasteiger partial charge in [0, 0.05) is 6.08 Å². The van der Waals surface area contributed by atoms with Gasteiger partial charge in [-0.2, -0.15) is 5.26 Å². The molecule has 0 aromatic rings. The summed E-state index contributed by atoms with van der Waals surface area (Å²) in [5, 5.41) is 8.31. The lowest BCUT2D eigenvalue weighted by atomic mass is 9.81. The van der Waals surface area contributed by atoms with Crippen LogP contribution in [0.2, 0.25) is 0 Å². The van der Waals surface area contributed by atoms with Gasteiger partial charge in [0.15, 0.2) is 0 Å². The van der Waals surface area contributed by atoms with E-state index in [1.807, 2.05) is 6.92 Å². The highest BCUT2D eigenvalue weighted by Gasteiger charge is 2.16. The molecular formula is C9H13N. The summed E-state index contributed by atoms with van der Waals surface area (Å²) in [5.41, 5.74) is 1.24. The molecule has 0 aliphatic heterocycles. The second-order valence-corrected chi connectivity index (χ2v) is 3.12. The van der Waals surface area contributed by atoms with Crippen molar-refractivity contribution in [3.8, 4) is 6.07 Å². The van der Waals surface area contributed by atoms with Crippen LogP contribution in [0.4, 0.5) is 0 Å². The van der Waals surface area contributed by atoms with Crippen LogP contribution >= 0.6 is 0 Å². The third-order valence-corrected chi connectivity index (χ3v) is 2.15. The van der Waals surface area contributed by atoms with Gasteiger partial charge in [0.05, 0.1) is 6.07 Å². The average Bonchev–Trinajstić information content (AvgIpc) is 1.80. The van der Waals surface area contributed by atoms with Crippen LogP contribution in [-0.2, 0) is 0 Å². The fraction of sp³-hybridized carbons (Fsp3) is 0.667. The van der Waals surface area contributed by atoms with E-state index in [0.29, 0.717) is 0 Å². The molecule has 0 spiro atoms. The van der Waals surface area contributed by atoms with Crippen molar-refractivity contribution < 1.29 is 0 Å². The summed E-state index contributed by atoms with van der Waals surface area (Å²) in [6, 6.07) is 2.06. The lowest BCUT2D eigenvalue weighted by molar-refractivity contribution is 0.314. The van der Waals surface area contributed by atoms with Gasteiger partial charge in [-0.15, -0.1) is 0 Å². The van der Waals surface area contributed by atoms with E-state index in [2.05, 4.69) is 6.07 Å². The molecule has 0 N–H and O–H groups in total. The minimum Gasteiger partial charge on any atom is -0.193 e. The van der Waals surface area contributed by atoms with Gasteiger partial charge in [-0.25, -0.2) is 0 Å². The van der Waals surface area contributed by atoms with Crippen LogP contribution in [0.1, 0.15) is 32.6 Å². The molecule has 10 heavy (non-hydrogen) atoms. The van der Waals surface area contributed by atoms with Gasteiger partial charge in [-0.3, -0.25) is 0 Å². The Hall–Kier alpha value is -0.770. The molecule has 1 aliphatic carbocycles. The minimum absolute atomic E-state index is 0.893. The number of nitrogens with zero attached hydrogens (tertiary/aromatic N) is 1. The molecule has 0 radical (unpaired) electrons. The topological polar surface area (TPSA) is 23.8 Å². The highest BCUT2D eigenvalue weighted by atomic mass is 14.2.